The Kier molecular flexibility index (Phi) is 4.80. The van der Waals surface area contributed by atoms with Gasteiger partial charge >= 0.3 is 6.03 Å². The Bertz CT molecular complexity index is 600. The summed E-state index contributed by atoms with van der Waals surface area (Å²) in [5.41, 5.74) is 1.45. The lowest BCUT2D eigenvalue weighted by Gasteiger charge is -2.13. The smallest absolute Gasteiger partial charge is 0.324 e. The van der Waals surface area contributed by atoms with Crippen molar-refractivity contribution in [3.63, 3.8) is 0 Å². The van der Waals surface area contributed by atoms with Gasteiger partial charge in [-0.2, -0.15) is 0 Å². The Morgan fingerprint density at radius 3 is 2.86 bits per heavy atom. The van der Waals surface area contributed by atoms with Crippen molar-refractivity contribution in [1.82, 2.24) is 10.2 Å². The lowest BCUT2D eigenvalue weighted by molar-refractivity contribution is -0.125. The summed E-state index contributed by atoms with van der Waals surface area (Å²) < 4.78 is 5.22. The maximum atomic E-state index is 11.6. The van der Waals surface area contributed by atoms with Gasteiger partial charge in [0.05, 0.1) is 32.4 Å². The average Bonchev–Trinajstić information content (AvgIpc) is 2.80. The lowest BCUT2D eigenvalue weighted by atomic mass is 10.1. The molecule has 2 rings (SSSR count). The second-order valence-corrected chi connectivity index (χ2v) is 4.45. The standard InChI is InChI=1S/C15H16N2O4/c1-21-13-6-5-11(8-12(13)4-2-3-7-18)10-17-14(19)9-16-15(17)20/h5-6,8,18H,3,7,9-10H2,1H3,(H,16,20). The lowest BCUT2D eigenvalue weighted by Crippen LogP contribution is -2.30. The fourth-order valence-electron chi connectivity index (χ4n) is 1.96. The monoisotopic (exact) mass is 288 g/mol. The number of rotatable bonds is 4. The van der Waals surface area contributed by atoms with Crippen LogP contribution in [0.4, 0.5) is 4.79 Å². The zero-order valence-corrected chi connectivity index (χ0v) is 11.7. The number of nitrogens with zero attached hydrogens (tertiary/aromatic N) is 1. The SMILES string of the molecule is COc1ccc(CN2C(=O)CNC2=O)cc1C#CCCO. The molecular weight excluding hydrogens is 272 g/mol. The first-order valence-electron chi connectivity index (χ1n) is 6.50. The number of nitrogens with one attached hydrogen (secondary N) is 1. The summed E-state index contributed by atoms with van der Waals surface area (Å²) in [6, 6.07) is 4.93. The van der Waals surface area contributed by atoms with Gasteiger partial charge in [0.25, 0.3) is 0 Å². The molecule has 1 heterocycles. The van der Waals surface area contributed by atoms with Crippen molar-refractivity contribution < 1.29 is 19.4 Å². The minimum absolute atomic E-state index is 0.00252. The van der Waals surface area contributed by atoms with Gasteiger partial charge in [0, 0.05) is 6.42 Å². The van der Waals surface area contributed by atoms with Crippen LogP contribution >= 0.6 is 0 Å². The molecule has 0 atom stereocenters. The number of carbonyl (C=O) groups excluding carboxylic acids is 2. The van der Waals surface area contributed by atoms with E-state index in [9.17, 15) is 9.59 Å². The van der Waals surface area contributed by atoms with E-state index < -0.39 is 0 Å². The molecule has 110 valence electrons. The molecular formula is C15H16N2O4. The molecule has 1 aromatic carbocycles. The van der Waals surface area contributed by atoms with Crippen molar-refractivity contribution in [2.75, 3.05) is 20.3 Å². The fraction of sp³-hybridized carbons (Fsp3) is 0.333. The Balaban J connectivity index is 2.21. The molecule has 1 saturated heterocycles. The molecule has 0 aliphatic carbocycles. The average molecular weight is 288 g/mol. The van der Waals surface area contributed by atoms with E-state index in [1.54, 1.807) is 25.3 Å². The third-order valence-electron chi connectivity index (χ3n) is 3.00. The highest BCUT2D eigenvalue weighted by atomic mass is 16.5. The van der Waals surface area contributed by atoms with Crippen molar-refractivity contribution in [2.24, 2.45) is 0 Å². The number of benzene rings is 1. The van der Waals surface area contributed by atoms with Crippen LogP contribution in [0.1, 0.15) is 17.5 Å². The van der Waals surface area contributed by atoms with E-state index in [0.717, 1.165) is 10.5 Å². The molecule has 0 aromatic heterocycles. The molecule has 1 aromatic rings. The van der Waals surface area contributed by atoms with Crippen molar-refractivity contribution in [1.29, 1.82) is 0 Å². The predicted octanol–water partition coefficient (Wildman–Crippen LogP) is 0.481. The zero-order valence-electron chi connectivity index (χ0n) is 11.7. The quantitative estimate of drug-likeness (QED) is 0.624. The van der Waals surface area contributed by atoms with Gasteiger partial charge in [0.2, 0.25) is 5.91 Å². The number of amides is 3. The van der Waals surface area contributed by atoms with E-state index >= 15 is 0 Å². The van der Waals surface area contributed by atoms with Crippen LogP contribution in [-0.4, -0.2) is 42.2 Å². The minimum atomic E-state index is -0.385. The Hall–Kier alpha value is -2.52. The molecule has 0 bridgehead atoms. The highest BCUT2D eigenvalue weighted by molar-refractivity contribution is 6.01. The van der Waals surface area contributed by atoms with Crippen molar-refractivity contribution >= 4 is 11.9 Å². The molecule has 0 radical (unpaired) electrons. The number of urea groups is 1. The van der Waals surface area contributed by atoms with Crippen LogP contribution in [0.15, 0.2) is 18.2 Å². The van der Waals surface area contributed by atoms with Crippen LogP contribution in [0.2, 0.25) is 0 Å². The molecule has 1 fully saturated rings. The van der Waals surface area contributed by atoms with Gasteiger partial charge in [-0.3, -0.25) is 9.69 Å². The second kappa shape index (κ2) is 6.77. The fourth-order valence-corrected chi connectivity index (χ4v) is 1.96. The van der Waals surface area contributed by atoms with E-state index in [2.05, 4.69) is 17.2 Å². The molecule has 1 aliphatic heterocycles. The van der Waals surface area contributed by atoms with E-state index in [1.807, 2.05) is 0 Å². The largest absolute Gasteiger partial charge is 0.495 e. The molecule has 21 heavy (non-hydrogen) atoms. The van der Waals surface area contributed by atoms with Crippen LogP contribution < -0.4 is 10.1 Å². The van der Waals surface area contributed by atoms with Crippen LogP contribution in [0.5, 0.6) is 5.75 Å². The molecule has 0 saturated carbocycles. The van der Waals surface area contributed by atoms with E-state index in [-0.39, 0.29) is 31.6 Å². The third-order valence-corrected chi connectivity index (χ3v) is 3.00. The van der Waals surface area contributed by atoms with E-state index in [4.69, 9.17) is 9.84 Å². The molecule has 1 aliphatic rings. The molecule has 0 unspecified atom stereocenters. The molecule has 0 spiro atoms. The maximum Gasteiger partial charge on any atom is 0.324 e. The van der Waals surface area contributed by atoms with Crippen LogP contribution in [0.3, 0.4) is 0 Å². The van der Waals surface area contributed by atoms with E-state index in [0.29, 0.717) is 17.7 Å². The number of ether oxygens (including phenoxy) is 1. The summed E-state index contributed by atoms with van der Waals surface area (Å²) in [5.74, 6) is 6.10. The number of hydrogen-bond acceptors (Lipinski definition) is 4. The number of aliphatic hydroxyl groups is 1. The van der Waals surface area contributed by atoms with Gasteiger partial charge in [0.15, 0.2) is 0 Å². The van der Waals surface area contributed by atoms with Crippen LogP contribution in [0, 0.1) is 11.8 Å². The summed E-state index contributed by atoms with van der Waals surface area (Å²) in [4.78, 5) is 24.3. The van der Waals surface area contributed by atoms with Crippen LogP contribution in [-0.2, 0) is 11.3 Å². The van der Waals surface area contributed by atoms with Gasteiger partial charge in [-0.1, -0.05) is 17.9 Å². The summed E-state index contributed by atoms with van der Waals surface area (Å²) in [6.45, 7) is 0.235. The zero-order chi connectivity index (χ0) is 15.2. The highest BCUT2D eigenvalue weighted by Crippen LogP contribution is 2.20. The van der Waals surface area contributed by atoms with Gasteiger partial charge in [-0.15, -0.1) is 0 Å². The number of aliphatic hydroxyl groups excluding tert-OH is 1. The molecule has 2 N–H and O–H groups in total. The summed E-state index contributed by atoms with van der Waals surface area (Å²) in [5, 5.41) is 11.2. The van der Waals surface area contributed by atoms with Crippen molar-refractivity contribution in [2.45, 2.75) is 13.0 Å². The van der Waals surface area contributed by atoms with Gasteiger partial charge in [-0.25, -0.2) is 4.79 Å². The van der Waals surface area contributed by atoms with Gasteiger partial charge in [0.1, 0.15) is 5.75 Å². The predicted molar refractivity (Wildman–Crippen MR) is 75.5 cm³/mol. The van der Waals surface area contributed by atoms with Crippen molar-refractivity contribution in [3.05, 3.63) is 29.3 Å². The number of carbonyl (C=O) groups is 2. The minimum Gasteiger partial charge on any atom is -0.495 e. The molecule has 3 amide bonds. The summed E-state index contributed by atoms with van der Waals surface area (Å²) in [7, 11) is 1.55. The Labute approximate surface area is 122 Å². The van der Waals surface area contributed by atoms with Gasteiger partial charge < -0.3 is 15.2 Å². The summed E-state index contributed by atoms with van der Waals surface area (Å²) >= 11 is 0. The maximum absolute atomic E-state index is 11.6. The van der Waals surface area contributed by atoms with E-state index in [1.165, 1.54) is 0 Å². The Morgan fingerprint density at radius 1 is 1.43 bits per heavy atom. The topological polar surface area (TPSA) is 78.9 Å². The Morgan fingerprint density at radius 2 is 2.24 bits per heavy atom. The normalized spacial score (nSPS) is 13.7. The third kappa shape index (κ3) is 3.52. The van der Waals surface area contributed by atoms with Crippen molar-refractivity contribution in [3.8, 4) is 17.6 Å². The molecule has 6 nitrogen and oxygen atoms in total. The van der Waals surface area contributed by atoms with Gasteiger partial charge in [-0.05, 0) is 17.7 Å². The van der Waals surface area contributed by atoms with Crippen LogP contribution in [0.25, 0.3) is 0 Å². The first kappa shape index (κ1) is 14.9. The number of hydrogen-bond donors (Lipinski definition) is 2. The number of methoxy groups -OCH3 is 1. The highest BCUT2D eigenvalue weighted by Gasteiger charge is 2.28. The first-order chi connectivity index (χ1) is 10.2. The second-order valence-electron chi connectivity index (χ2n) is 4.45. The summed E-state index contributed by atoms with van der Waals surface area (Å²) in [6.07, 6.45) is 0.375. The number of imide groups is 1. The first-order valence-corrected chi connectivity index (χ1v) is 6.50. The molecule has 6 heteroatoms.